The molecule has 0 saturated carbocycles. The van der Waals surface area contributed by atoms with Crippen LogP contribution in [0.2, 0.25) is 0 Å². The summed E-state index contributed by atoms with van der Waals surface area (Å²) in [6.07, 6.45) is 6.21. The van der Waals surface area contributed by atoms with Gasteiger partial charge in [0, 0.05) is 35.2 Å². The Morgan fingerprint density at radius 2 is 2.04 bits per heavy atom. The smallest absolute Gasteiger partial charge is 0.265 e. The zero-order chi connectivity index (χ0) is 18.8. The van der Waals surface area contributed by atoms with E-state index in [2.05, 4.69) is 30.3 Å². The van der Waals surface area contributed by atoms with Crippen LogP contribution in [-0.4, -0.2) is 32.9 Å². The molecule has 0 bridgehead atoms. The maximum atomic E-state index is 12.7. The Kier molecular flexibility index (Phi) is 5.04. The second-order valence-corrected chi connectivity index (χ2v) is 6.67. The summed E-state index contributed by atoms with van der Waals surface area (Å²) in [4.78, 5) is 26.4. The van der Waals surface area contributed by atoms with Gasteiger partial charge in [0.25, 0.3) is 11.8 Å². The van der Waals surface area contributed by atoms with E-state index in [1.807, 2.05) is 30.5 Å². The highest BCUT2D eigenvalue weighted by molar-refractivity contribution is 7.80. The van der Waals surface area contributed by atoms with Crippen molar-refractivity contribution >= 4 is 46.1 Å². The minimum atomic E-state index is -0.472. The molecule has 2 aromatic rings. The van der Waals surface area contributed by atoms with Crippen molar-refractivity contribution in [1.82, 2.24) is 14.8 Å². The molecule has 3 rings (SSSR count). The second kappa shape index (κ2) is 7.25. The molecule has 26 heavy (non-hydrogen) atoms. The summed E-state index contributed by atoms with van der Waals surface area (Å²) in [6.45, 7) is 8.16. The topological polar surface area (TPSA) is 54.3 Å². The number of carbonyl (C=O) groups is 2. The van der Waals surface area contributed by atoms with Crippen LogP contribution in [0.4, 0.5) is 0 Å². The third kappa shape index (κ3) is 3.08. The van der Waals surface area contributed by atoms with Gasteiger partial charge in [0.15, 0.2) is 5.11 Å². The predicted octanol–water partition coefficient (Wildman–Crippen LogP) is 3.43. The van der Waals surface area contributed by atoms with Crippen molar-refractivity contribution < 1.29 is 9.59 Å². The average Bonchev–Trinajstić information content (AvgIpc) is 3.00. The van der Waals surface area contributed by atoms with Gasteiger partial charge in [0.2, 0.25) is 0 Å². The zero-order valence-electron chi connectivity index (χ0n) is 14.9. The Hall–Kier alpha value is -2.73. The maximum Gasteiger partial charge on any atom is 0.265 e. The number of nitrogens with zero attached hydrogens (tertiary/aromatic N) is 2. The summed E-state index contributed by atoms with van der Waals surface area (Å²) < 4.78 is 2.18. The van der Waals surface area contributed by atoms with E-state index in [1.54, 1.807) is 12.2 Å². The van der Waals surface area contributed by atoms with E-state index in [-0.39, 0.29) is 17.2 Å². The average molecular weight is 367 g/mol. The normalized spacial score (nSPS) is 17.7. The van der Waals surface area contributed by atoms with Gasteiger partial charge in [-0.1, -0.05) is 31.2 Å². The van der Waals surface area contributed by atoms with Crippen molar-refractivity contribution in [3.05, 3.63) is 54.3 Å². The molecule has 1 aliphatic heterocycles. The van der Waals surface area contributed by atoms with Gasteiger partial charge >= 0.3 is 0 Å². The van der Waals surface area contributed by atoms with E-state index in [9.17, 15) is 9.59 Å². The molecular formula is C20H21N3O2S. The third-order valence-corrected chi connectivity index (χ3v) is 4.96. The number of hydrogen-bond acceptors (Lipinski definition) is 3. The Bertz CT molecular complexity index is 942. The van der Waals surface area contributed by atoms with Crippen molar-refractivity contribution in [2.75, 3.05) is 6.54 Å². The molecule has 1 fully saturated rings. The quantitative estimate of drug-likeness (QED) is 0.381. The molecule has 6 heteroatoms. The van der Waals surface area contributed by atoms with Crippen LogP contribution in [0.3, 0.4) is 0 Å². The molecule has 2 amide bonds. The molecule has 5 nitrogen and oxygen atoms in total. The van der Waals surface area contributed by atoms with Gasteiger partial charge in [-0.15, -0.1) is 6.58 Å². The SMILES string of the molecule is C=CCN1C(=O)/C(=C/c2cn([C@H](C)CC)c3ccccc23)C(=O)NC1=S. The number of amides is 2. The van der Waals surface area contributed by atoms with Crippen LogP contribution in [-0.2, 0) is 9.59 Å². The Balaban J connectivity index is 2.11. The monoisotopic (exact) mass is 367 g/mol. The van der Waals surface area contributed by atoms with Crippen LogP contribution in [0.1, 0.15) is 31.9 Å². The van der Waals surface area contributed by atoms with Crippen molar-refractivity contribution in [1.29, 1.82) is 0 Å². The summed E-state index contributed by atoms with van der Waals surface area (Å²) in [6, 6.07) is 8.30. The van der Waals surface area contributed by atoms with E-state index in [0.717, 1.165) is 22.9 Å². The second-order valence-electron chi connectivity index (χ2n) is 6.29. The number of fused-ring (bicyclic) bond motifs is 1. The molecule has 2 heterocycles. The lowest BCUT2D eigenvalue weighted by Crippen LogP contribution is -2.53. The van der Waals surface area contributed by atoms with Crippen molar-refractivity contribution in [2.24, 2.45) is 0 Å². The number of nitrogens with one attached hydrogen (secondary N) is 1. The first-order valence-electron chi connectivity index (χ1n) is 8.57. The highest BCUT2D eigenvalue weighted by atomic mass is 32.1. The largest absolute Gasteiger partial charge is 0.344 e. The third-order valence-electron chi connectivity index (χ3n) is 4.63. The minimum absolute atomic E-state index is 0.0764. The van der Waals surface area contributed by atoms with Crippen LogP contribution in [0.15, 0.2) is 48.7 Å². The first kappa shape index (κ1) is 18.1. The summed E-state index contributed by atoms with van der Waals surface area (Å²) in [7, 11) is 0. The number of carbonyl (C=O) groups excluding carboxylic acids is 2. The summed E-state index contributed by atoms with van der Waals surface area (Å²) in [5, 5.41) is 3.69. The first-order chi connectivity index (χ1) is 12.5. The molecule has 1 aromatic heterocycles. The molecule has 1 aromatic carbocycles. The van der Waals surface area contributed by atoms with E-state index in [1.165, 1.54) is 4.90 Å². The lowest BCUT2D eigenvalue weighted by atomic mass is 10.1. The van der Waals surface area contributed by atoms with Crippen LogP contribution in [0.5, 0.6) is 0 Å². The van der Waals surface area contributed by atoms with Gasteiger partial charge in [-0.2, -0.15) is 0 Å². The first-order valence-corrected chi connectivity index (χ1v) is 8.98. The Labute approximate surface area is 158 Å². The van der Waals surface area contributed by atoms with Gasteiger partial charge in [-0.05, 0) is 37.7 Å². The van der Waals surface area contributed by atoms with Crippen molar-refractivity contribution in [3.63, 3.8) is 0 Å². The molecule has 1 atom stereocenters. The van der Waals surface area contributed by atoms with E-state index >= 15 is 0 Å². The molecule has 0 aliphatic carbocycles. The number of benzene rings is 1. The number of para-hydroxylation sites is 1. The van der Waals surface area contributed by atoms with Gasteiger partial charge in [0.05, 0.1) is 0 Å². The molecule has 1 N–H and O–H groups in total. The molecule has 1 aliphatic rings. The molecule has 0 spiro atoms. The van der Waals surface area contributed by atoms with E-state index in [0.29, 0.717) is 6.04 Å². The number of thiocarbonyl (C=S) groups is 1. The Morgan fingerprint density at radius 1 is 1.31 bits per heavy atom. The Morgan fingerprint density at radius 3 is 2.73 bits per heavy atom. The molecular weight excluding hydrogens is 346 g/mol. The number of rotatable bonds is 5. The highest BCUT2D eigenvalue weighted by Crippen LogP contribution is 2.28. The van der Waals surface area contributed by atoms with Crippen LogP contribution in [0.25, 0.3) is 17.0 Å². The number of aromatic nitrogens is 1. The van der Waals surface area contributed by atoms with Crippen LogP contribution in [0, 0.1) is 0 Å². The van der Waals surface area contributed by atoms with Gasteiger partial charge < -0.3 is 4.57 Å². The lowest BCUT2D eigenvalue weighted by molar-refractivity contribution is -0.128. The van der Waals surface area contributed by atoms with E-state index in [4.69, 9.17) is 12.2 Å². The summed E-state index contributed by atoms with van der Waals surface area (Å²) >= 11 is 5.09. The molecule has 1 saturated heterocycles. The lowest BCUT2D eigenvalue weighted by Gasteiger charge is -2.27. The predicted molar refractivity (Wildman–Crippen MR) is 108 cm³/mol. The van der Waals surface area contributed by atoms with Gasteiger partial charge in [-0.3, -0.25) is 19.8 Å². The van der Waals surface area contributed by atoms with Crippen molar-refractivity contribution in [3.8, 4) is 0 Å². The van der Waals surface area contributed by atoms with Crippen LogP contribution >= 0.6 is 12.2 Å². The highest BCUT2D eigenvalue weighted by Gasteiger charge is 2.32. The zero-order valence-corrected chi connectivity index (χ0v) is 15.7. The molecule has 0 radical (unpaired) electrons. The van der Waals surface area contributed by atoms with Gasteiger partial charge in [-0.25, -0.2) is 0 Å². The van der Waals surface area contributed by atoms with E-state index < -0.39 is 11.8 Å². The number of hydrogen-bond donors (Lipinski definition) is 1. The minimum Gasteiger partial charge on any atom is -0.344 e. The summed E-state index contributed by atoms with van der Waals surface area (Å²) in [5.74, 6) is -0.875. The fraction of sp³-hybridized carbons (Fsp3) is 0.250. The molecule has 134 valence electrons. The fourth-order valence-electron chi connectivity index (χ4n) is 3.05. The van der Waals surface area contributed by atoms with Crippen LogP contribution < -0.4 is 5.32 Å². The standard InChI is InChI=1S/C20H21N3O2S/c1-4-10-22-19(25)16(18(24)21-20(22)26)11-14-12-23(13(3)5-2)17-9-7-6-8-15(14)17/h4,6-9,11-13H,1,5,10H2,2-3H3,(H,21,24,26)/b16-11+/t13-/m1/s1. The van der Waals surface area contributed by atoms with Crippen molar-refractivity contribution in [2.45, 2.75) is 26.3 Å². The summed E-state index contributed by atoms with van der Waals surface area (Å²) in [5.41, 5.74) is 1.99. The fourth-order valence-corrected chi connectivity index (χ4v) is 3.30. The van der Waals surface area contributed by atoms with Gasteiger partial charge in [0.1, 0.15) is 5.57 Å². The maximum absolute atomic E-state index is 12.7. The molecule has 0 unspecified atom stereocenters.